The lowest BCUT2D eigenvalue weighted by Gasteiger charge is -2.38. The van der Waals surface area contributed by atoms with Crippen LogP contribution >= 0.6 is 0 Å². The molecule has 0 spiro atoms. The second-order valence-electron chi connectivity index (χ2n) is 7.90. The third-order valence-corrected chi connectivity index (χ3v) is 6.08. The standard InChI is InChI=1S/C24H27N3O3/c1-16-17(2)27-22-14-18(4-9-21(22)26-16)23(28)25-15-24(10-12-30-13-11-24)19-5-7-20(29-3)8-6-19/h4-9,14H,10-13,15H2,1-3H3,(H,25,28). The minimum Gasteiger partial charge on any atom is -0.497 e. The lowest BCUT2D eigenvalue weighted by atomic mass is 9.74. The van der Waals surface area contributed by atoms with E-state index in [2.05, 4.69) is 27.4 Å². The molecule has 1 saturated heterocycles. The molecule has 0 radical (unpaired) electrons. The van der Waals surface area contributed by atoms with E-state index < -0.39 is 0 Å². The van der Waals surface area contributed by atoms with Gasteiger partial charge in [0.15, 0.2) is 0 Å². The summed E-state index contributed by atoms with van der Waals surface area (Å²) in [4.78, 5) is 22.1. The number of nitrogens with one attached hydrogen (secondary N) is 1. The summed E-state index contributed by atoms with van der Waals surface area (Å²) in [5.74, 6) is 0.726. The van der Waals surface area contributed by atoms with E-state index in [1.807, 2.05) is 44.2 Å². The highest BCUT2D eigenvalue weighted by atomic mass is 16.5. The maximum atomic E-state index is 12.9. The molecule has 1 N–H and O–H groups in total. The van der Waals surface area contributed by atoms with Crippen LogP contribution in [-0.4, -0.2) is 42.7 Å². The SMILES string of the molecule is COc1ccc(C2(CNC(=O)c3ccc4nc(C)c(C)nc4c3)CCOCC2)cc1. The zero-order valence-corrected chi connectivity index (χ0v) is 17.7. The van der Waals surface area contributed by atoms with Crippen LogP contribution in [0.4, 0.5) is 0 Å². The van der Waals surface area contributed by atoms with Crippen molar-refractivity contribution >= 4 is 16.9 Å². The molecular weight excluding hydrogens is 378 g/mol. The lowest BCUT2D eigenvalue weighted by Crippen LogP contribution is -2.44. The van der Waals surface area contributed by atoms with Gasteiger partial charge in [0.05, 0.1) is 29.5 Å². The number of nitrogens with zero attached hydrogens (tertiary/aromatic N) is 2. The number of benzene rings is 2. The molecule has 156 valence electrons. The Morgan fingerprint density at radius 2 is 1.70 bits per heavy atom. The van der Waals surface area contributed by atoms with Gasteiger partial charge in [-0.1, -0.05) is 12.1 Å². The summed E-state index contributed by atoms with van der Waals surface area (Å²) in [5.41, 5.74) is 4.96. The Morgan fingerprint density at radius 3 is 2.37 bits per heavy atom. The maximum Gasteiger partial charge on any atom is 0.251 e. The number of ether oxygens (including phenoxy) is 2. The van der Waals surface area contributed by atoms with E-state index in [9.17, 15) is 4.79 Å². The molecular formula is C24H27N3O3. The molecule has 0 unspecified atom stereocenters. The second kappa shape index (κ2) is 8.40. The molecule has 1 fully saturated rings. The normalized spacial score (nSPS) is 15.7. The molecule has 1 amide bonds. The first-order valence-electron chi connectivity index (χ1n) is 10.3. The van der Waals surface area contributed by atoms with E-state index >= 15 is 0 Å². The van der Waals surface area contributed by atoms with E-state index in [0.29, 0.717) is 25.3 Å². The van der Waals surface area contributed by atoms with Gasteiger partial charge in [0.25, 0.3) is 5.91 Å². The van der Waals surface area contributed by atoms with Crippen LogP contribution in [0.5, 0.6) is 5.75 Å². The molecule has 6 nitrogen and oxygen atoms in total. The highest BCUT2D eigenvalue weighted by Gasteiger charge is 2.35. The molecule has 2 aromatic carbocycles. The Morgan fingerprint density at radius 1 is 1.03 bits per heavy atom. The number of hydrogen-bond donors (Lipinski definition) is 1. The van der Waals surface area contributed by atoms with Gasteiger partial charge in [0.1, 0.15) is 5.75 Å². The summed E-state index contributed by atoms with van der Waals surface area (Å²) >= 11 is 0. The number of fused-ring (bicyclic) bond motifs is 1. The average molecular weight is 405 g/mol. The average Bonchev–Trinajstić information content (AvgIpc) is 2.78. The fourth-order valence-corrected chi connectivity index (χ4v) is 4.00. The maximum absolute atomic E-state index is 12.9. The highest BCUT2D eigenvalue weighted by Crippen LogP contribution is 2.35. The van der Waals surface area contributed by atoms with Crippen molar-refractivity contribution in [2.75, 3.05) is 26.9 Å². The van der Waals surface area contributed by atoms with Crippen LogP contribution < -0.4 is 10.1 Å². The summed E-state index contributed by atoms with van der Waals surface area (Å²) in [5, 5.41) is 3.15. The third-order valence-electron chi connectivity index (χ3n) is 6.08. The van der Waals surface area contributed by atoms with E-state index in [0.717, 1.165) is 41.0 Å². The molecule has 0 atom stereocenters. The summed E-state index contributed by atoms with van der Waals surface area (Å²) < 4.78 is 10.9. The summed E-state index contributed by atoms with van der Waals surface area (Å²) in [6.45, 7) is 5.80. The first kappa shape index (κ1) is 20.3. The first-order chi connectivity index (χ1) is 14.5. The van der Waals surface area contributed by atoms with E-state index in [1.165, 1.54) is 5.56 Å². The number of carbonyl (C=O) groups is 1. The molecule has 0 saturated carbocycles. The number of carbonyl (C=O) groups excluding carboxylic acids is 1. The predicted molar refractivity (Wildman–Crippen MR) is 116 cm³/mol. The predicted octanol–water partition coefficient (Wildman–Crippen LogP) is 3.73. The van der Waals surface area contributed by atoms with E-state index in [4.69, 9.17) is 9.47 Å². The molecule has 6 heteroatoms. The van der Waals surface area contributed by atoms with Crippen LogP contribution in [0.1, 0.15) is 40.2 Å². The topological polar surface area (TPSA) is 73.3 Å². The van der Waals surface area contributed by atoms with Gasteiger partial charge in [-0.05, 0) is 62.6 Å². The summed E-state index contributed by atoms with van der Waals surface area (Å²) in [6, 6.07) is 13.6. The fourth-order valence-electron chi connectivity index (χ4n) is 4.00. The molecule has 1 aromatic heterocycles. The molecule has 0 bridgehead atoms. The number of amides is 1. The smallest absolute Gasteiger partial charge is 0.251 e. The van der Waals surface area contributed by atoms with Gasteiger partial charge in [0, 0.05) is 30.7 Å². The quantitative estimate of drug-likeness (QED) is 0.700. The van der Waals surface area contributed by atoms with Crippen molar-refractivity contribution in [2.45, 2.75) is 32.1 Å². The Bertz CT molecular complexity index is 1060. The molecule has 1 aliphatic rings. The monoisotopic (exact) mass is 405 g/mol. The minimum atomic E-state index is -0.148. The summed E-state index contributed by atoms with van der Waals surface area (Å²) in [6.07, 6.45) is 1.72. The number of methoxy groups -OCH3 is 1. The zero-order chi connectivity index (χ0) is 21.1. The van der Waals surface area contributed by atoms with Crippen molar-refractivity contribution in [3.8, 4) is 5.75 Å². The Hall–Kier alpha value is -2.99. The van der Waals surface area contributed by atoms with Crippen LogP contribution in [0.3, 0.4) is 0 Å². The van der Waals surface area contributed by atoms with Gasteiger partial charge in [-0.15, -0.1) is 0 Å². The van der Waals surface area contributed by atoms with E-state index in [1.54, 1.807) is 7.11 Å². The zero-order valence-electron chi connectivity index (χ0n) is 17.7. The third kappa shape index (κ3) is 4.00. The van der Waals surface area contributed by atoms with Gasteiger partial charge in [-0.2, -0.15) is 0 Å². The number of aromatic nitrogens is 2. The number of rotatable bonds is 5. The Kier molecular flexibility index (Phi) is 5.68. The van der Waals surface area contributed by atoms with Gasteiger partial charge >= 0.3 is 0 Å². The second-order valence-corrected chi connectivity index (χ2v) is 7.90. The van der Waals surface area contributed by atoms with E-state index in [-0.39, 0.29) is 11.3 Å². The van der Waals surface area contributed by atoms with Crippen molar-refractivity contribution in [3.63, 3.8) is 0 Å². The van der Waals surface area contributed by atoms with Crippen molar-refractivity contribution in [1.82, 2.24) is 15.3 Å². The van der Waals surface area contributed by atoms with Crippen LogP contribution in [0, 0.1) is 13.8 Å². The van der Waals surface area contributed by atoms with Crippen molar-refractivity contribution in [2.24, 2.45) is 0 Å². The molecule has 30 heavy (non-hydrogen) atoms. The molecule has 2 heterocycles. The molecule has 1 aliphatic heterocycles. The van der Waals surface area contributed by atoms with Gasteiger partial charge < -0.3 is 14.8 Å². The molecule has 3 aromatic rings. The van der Waals surface area contributed by atoms with Gasteiger partial charge in [-0.25, -0.2) is 9.97 Å². The van der Waals surface area contributed by atoms with Crippen LogP contribution in [0.15, 0.2) is 42.5 Å². The molecule has 0 aliphatic carbocycles. The minimum absolute atomic E-state index is 0.101. The summed E-state index contributed by atoms with van der Waals surface area (Å²) in [7, 11) is 1.66. The Labute approximate surface area is 176 Å². The number of hydrogen-bond acceptors (Lipinski definition) is 5. The largest absolute Gasteiger partial charge is 0.497 e. The van der Waals surface area contributed by atoms with Crippen molar-refractivity contribution in [3.05, 3.63) is 65.0 Å². The highest BCUT2D eigenvalue weighted by molar-refractivity contribution is 5.97. The number of aryl methyl sites for hydroxylation is 2. The van der Waals surface area contributed by atoms with Crippen molar-refractivity contribution < 1.29 is 14.3 Å². The van der Waals surface area contributed by atoms with Crippen LogP contribution in [0.2, 0.25) is 0 Å². The fraction of sp³-hybridized carbons (Fsp3) is 0.375. The Balaban J connectivity index is 1.55. The van der Waals surface area contributed by atoms with Crippen molar-refractivity contribution in [1.29, 1.82) is 0 Å². The van der Waals surface area contributed by atoms with Gasteiger partial charge in [0.2, 0.25) is 0 Å². The lowest BCUT2D eigenvalue weighted by molar-refractivity contribution is 0.0487. The van der Waals surface area contributed by atoms with Gasteiger partial charge in [-0.3, -0.25) is 4.79 Å². The first-order valence-corrected chi connectivity index (χ1v) is 10.3. The van der Waals surface area contributed by atoms with Crippen LogP contribution in [0.25, 0.3) is 11.0 Å². The molecule has 4 rings (SSSR count). The van der Waals surface area contributed by atoms with Crippen LogP contribution in [-0.2, 0) is 10.2 Å².